The van der Waals surface area contributed by atoms with Gasteiger partial charge in [0.2, 0.25) is 0 Å². The molecule has 0 aromatic heterocycles. The van der Waals surface area contributed by atoms with Gasteiger partial charge in [0.15, 0.2) is 21.7 Å². The van der Waals surface area contributed by atoms with Crippen molar-refractivity contribution >= 4 is 15.1 Å². The predicted octanol–water partition coefficient (Wildman–Crippen LogP) is 0.661. The molecule has 0 saturated carbocycles. The maximum absolute atomic E-state index is 10.6. The lowest BCUT2D eigenvalue weighted by Crippen LogP contribution is -2.03. The lowest BCUT2D eigenvalue weighted by molar-refractivity contribution is -0.123. The molecule has 3 nitrogen and oxygen atoms in total. The first-order valence-corrected chi connectivity index (χ1v) is 4.27. The van der Waals surface area contributed by atoms with Gasteiger partial charge in [-0.05, 0) is 0 Å². The number of nitrogens with zero attached hydrogens (tertiary/aromatic N) is 1. The quantitative estimate of drug-likeness (QED) is 0.434. The summed E-state index contributed by atoms with van der Waals surface area (Å²) in [6.07, 6.45) is 0.513. The van der Waals surface area contributed by atoms with Crippen LogP contribution in [0.25, 0.3) is 0 Å². The number of carbonyl (C=O) groups is 1. The Morgan fingerprint density at radius 2 is 2.60 bits per heavy atom. The van der Waals surface area contributed by atoms with Crippen LogP contribution in [0.15, 0.2) is 17.1 Å². The highest BCUT2D eigenvalue weighted by atomic mass is 28.2. The number of rotatable bonds is 5. The summed E-state index contributed by atoms with van der Waals surface area (Å²) in [5, 5.41) is 0. The van der Waals surface area contributed by atoms with Crippen LogP contribution in [0, 0.1) is 0 Å². The zero-order valence-corrected chi connectivity index (χ0v) is 7.19. The molecule has 0 heterocycles. The van der Waals surface area contributed by atoms with E-state index in [1.54, 1.807) is 12.6 Å². The van der Waals surface area contributed by atoms with Crippen molar-refractivity contribution in [2.75, 3.05) is 6.61 Å². The van der Waals surface area contributed by atoms with Crippen LogP contribution in [0.4, 0.5) is 0 Å². The van der Waals surface area contributed by atoms with Crippen molar-refractivity contribution in [1.82, 2.24) is 0 Å². The minimum absolute atomic E-state index is 0.0761. The Kier molecular flexibility index (Phi) is 5.86. The van der Waals surface area contributed by atoms with Crippen LogP contribution in [0.5, 0.6) is 0 Å². The van der Waals surface area contributed by atoms with Crippen LogP contribution in [0.1, 0.15) is 13.3 Å². The highest BCUT2D eigenvalue weighted by Gasteiger charge is 1.94. The molecule has 0 N–H and O–H groups in total. The van der Waals surface area contributed by atoms with Crippen molar-refractivity contribution in [3.63, 3.8) is 0 Å². The zero-order chi connectivity index (χ0) is 7.82. The lowest BCUT2D eigenvalue weighted by Gasteiger charge is -1.93. The van der Waals surface area contributed by atoms with E-state index in [9.17, 15) is 4.79 Å². The Morgan fingerprint density at radius 1 is 1.90 bits per heavy atom. The van der Waals surface area contributed by atoms with Gasteiger partial charge in [-0.2, -0.15) is 4.80 Å². The van der Waals surface area contributed by atoms with Gasteiger partial charge in [-0.1, -0.05) is 12.6 Å². The van der Waals surface area contributed by atoms with Crippen LogP contribution in [0.2, 0.25) is 0 Å². The zero-order valence-electron chi connectivity index (χ0n) is 6.04. The summed E-state index contributed by atoms with van der Waals surface area (Å²) >= 11 is 0. The van der Waals surface area contributed by atoms with Gasteiger partial charge in [-0.25, -0.2) is 0 Å². The van der Waals surface area contributed by atoms with Crippen LogP contribution >= 0.6 is 0 Å². The molecule has 0 bridgehead atoms. The smallest absolute Gasteiger partial charge is 0.190 e. The van der Waals surface area contributed by atoms with Crippen LogP contribution in [-0.4, -0.2) is 21.7 Å². The molecule has 0 saturated heterocycles. The van der Waals surface area contributed by atoms with Crippen molar-refractivity contribution in [3.05, 3.63) is 12.3 Å². The molecule has 10 heavy (non-hydrogen) atoms. The molecular formula is C6H11NO2Si. The Hall–Kier alpha value is -0.773. The highest BCUT2D eigenvalue weighted by molar-refractivity contribution is 6.28. The largest absolute Gasteiger partial charge is 0.399 e. The normalized spacial score (nSPS) is 9.70. The van der Waals surface area contributed by atoms with E-state index in [2.05, 4.69) is 16.2 Å². The molecule has 0 fully saturated rings. The highest BCUT2D eigenvalue weighted by Crippen LogP contribution is 1.82. The first-order chi connectivity index (χ1) is 4.81. The third-order valence-electron chi connectivity index (χ3n) is 0.861. The van der Waals surface area contributed by atoms with Gasteiger partial charge in [0, 0.05) is 6.42 Å². The Balaban J connectivity index is 3.27. The standard InChI is InChI=1S/C6H11NO2Si/c1-3-6(8)5-9-7-10-4-2/h4,10H,2-3,5H2,1H3. The van der Waals surface area contributed by atoms with Crippen molar-refractivity contribution in [1.29, 1.82) is 0 Å². The Labute approximate surface area is 62.6 Å². The van der Waals surface area contributed by atoms with Gasteiger partial charge in [0.05, 0.1) is 0 Å². The second kappa shape index (κ2) is 6.35. The second-order valence-electron chi connectivity index (χ2n) is 1.66. The van der Waals surface area contributed by atoms with E-state index in [1.165, 1.54) is 0 Å². The summed E-state index contributed by atoms with van der Waals surface area (Å²) in [5.41, 5.74) is 1.69. The van der Waals surface area contributed by atoms with Gasteiger partial charge >= 0.3 is 0 Å². The van der Waals surface area contributed by atoms with Gasteiger partial charge < -0.3 is 4.84 Å². The molecule has 56 valence electrons. The number of hydrogen-bond acceptors (Lipinski definition) is 3. The van der Waals surface area contributed by atoms with E-state index in [0.29, 0.717) is 6.42 Å². The number of Topliss-reactive ketones (excluding diaryl/α,β-unsaturated/α-hetero) is 1. The summed E-state index contributed by atoms with van der Waals surface area (Å²) < 4.78 is 0. The maximum Gasteiger partial charge on any atom is 0.190 e. The van der Waals surface area contributed by atoms with Crippen molar-refractivity contribution < 1.29 is 9.63 Å². The maximum atomic E-state index is 10.6. The fraction of sp³-hybridized carbons (Fsp3) is 0.500. The summed E-state index contributed by atoms with van der Waals surface area (Å²) in [5.74, 6) is 0.0761. The molecule has 0 atom stereocenters. The average molecular weight is 157 g/mol. The van der Waals surface area contributed by atoms with Gasteiger partial charge in [0.25, 0.3) is 0 Å². The molecule has 0 radical (unpaired) electrons. The van der Waals surface area contributed by atoms with Gasteiger partial charge in [-0.3, -0.25) is 4.79 Å². The predicted molar refractivity (Wildman–Crippen MR) is 41.0 cm³/mol. The number of hydrogen-bond donors (Lipinski definition) is 0. The van der Waals surface area contributed by atoms with Crippen molar-refractivity contribution in [3.8, 4) is 0 Å². The number of ketones is 1. The van der Waals surface area contributed by atoms with E-state index in [-0.39, 0.29) is 21.7 Å². The first kappa shape index (κ1) is 9.23. The number of carbonyl (C=O) groups excluding carboxylic acids is 1. The monoisotopic (exact) mass is 157 g/mol. The minimum atomic E-state index is -0.192. The molecule has 0 aliphatic carbocycles. The van der Waals surface area contributed by atoms with E-state index < -0.39 is 0 Å². The van der Waals surface area contributed by atoms with Crippen molar-refractivity contribution in [2.24, 2.45) is 4.80 Å². The molecule has 0 aromatic carbocycles. The van der Waals surface area contributed by atoms with Gasteiger partial charge in [-0.15, -0.1) is 6.58 Å². The first-order valence-electron chi connectivity index (χ1n) is 3.09. The van der Waals surface area contributed by atoms with E-state index in [0.717, 1.165) is 0 Å². The fourth-order valence-corrected chi connectivity index (χ4v) is 0.544. The molecule has 0 aromatic rings. The van der Waals surface area contributed by atoms with E-state index in [4.69, 9.17) is 0 Å². The van der Waals surface area contributed by atoms with Crippen LogP contribution in [-0.2, 0) is 9.63 Å². The topological polar surface area (TPSA) is 38.7 Å². The SMILES string of the molecule is C=C[SiH]=NOCC(=O)CC. The van der Waals surface area contributed by atoms with Crippen molar-refractivity contribution in [2.45, 2.75) is 13.3 Å². The molecule has 0 aliphatic heterocycles. The van der Waals surface area contributed by atoms with Crippen LogP contribution < -0.4 is 0 Å². The Morgan fingerprint density at radius 3 is 3.10 bits per heavy atom. The molecule has 0 aliphatic rings. The molecule has 0 unspecified atom stereocenters. The molecular weight excluding hydrogens is 146 g/mol. The summed E-state index contributed by atoms with van der Waals surface area (Å²) in [6.45, 7) is 5.38. The summed E-state index contributed by atoms with van der Waals surface area (Å²) in [6, 6.07) is 0. The molecule has 4 heteroatoms. The summed E-state index contributed by atoms with van der Waals surface area (Å²) in [7, 11) is -0.192. The lowest BCUT2D eigenvalue weighted by atomic mass is 10.3. The second-order valence-corrected chi connectivity index (χ2v) is 2.64. The van der Waals surface area contributed by atoms with E-state index >= 15 is 0 Å². The minimum Gasteiger partial charge on any atom is -0.399 e. The molecule has 0 amide bonds. The van der Waals surface area contributed by atoms with E-state index in [1.807, 2.05) is 0 Å². The third-order valence-corrected chi connectivity index (χ3v) is 1.34. The third kappa shape index (κ3) is 5.37. The fourth-order valence-electron chi connectivity index (χ4n) is 0.297. The Bertz CT molecular complexity index is 145. The average Bonchev–Trinajstić information content (AvgIpc) is 1.98. The summed E-state index contributed by atoms with van der Waals surface area (Å²) in [4.78, 5) is 18.9. The molecule has 0 rings (SSSR count). The van der Waals surface area contributed by atoms with Crippen LogP contribution in [0.3, 0.4) is 0 Å². The molecule has 0 spiro atoms. The van der Waals surface area contributed by atoms with Gasteiger partial charge in [0.1, 0.15) is 0 Å².